The Bertz CT molecular complexity index is 476. The highest BCUT2D eigenvalue weighted by molar-refractivity contribution is 5.13. The molecule has 0 amide bonds. The van der Waals surface area contributed by atoms with Gasteiger partial charge in [-0.1, -0.05) is 37.3 Å². The molecule has 18 heavy (non-hydrogen) atoms. The van der Waals surface area contributed by atoms with E-state index in [0.29, 0.717) is 6.61 Å². The smallest absolute Gasteiger partial charge is 0.0717 e. The molecule has 2 aromatic rings. The Labute approximate surface area is 108 Å². The number of aryl methyl sites for hydroxylation is 2. The third-order valence-electron chi connectivity index (χ3n) is 3.00. The Hall–Kier alpha value is -1.61. The fourth-order valence-corrected chi connectivity index (χ4v) is 1.92. The van der Waals surface area contributed by atoms with Crippen LogP contribution in [0.4, 0.5) is 0 Å². The van der Waals surface area contributed by atoms with Gasteiger partial charge in [-0.2, -0.15) is 5.10 Å². The lowest BCUT2D eigenvalue weighted by Crippen LogP contribution is -2.04. The first-order valence-corrected chi connectivity index (χ1v) is 6.43. The molecular formula is C15H20N2O. The molecule has 3 heteroatoms. The third-order valence-corrected chi connectivity index (χ3v) is 3.00. The van der Waals surface area contributed by atoms with E-state index in [-0.39, 0.29) is 0 Å². The van der Waals surface area contributed by atoms with E-state index in [0.717, 1.165) is 25.1 Å². The van der Waals surface area contributed by atoms with Crippen molar-refractivity contribution in [2.45, 2.75) is 26.4 Å². The van der Waals surface area contributed by atoms with Crippen molar-refractivity contribution in [2.75, 3.05) is 6.61 Å². The summed E-state index contributed by atoms with van der Waals surface area (Å²) in [6.45, 7) is 3.54. The number of nitrogens with zero attached hydrogens (tertiary/aromatic N) is 2. The Balaban J connectivity index is 1.76. The van der Waals surface area contributed by atoms with Crippen LogP contribution in [0, 0.1) is 0 Å². The van der Waals surface area contributed by atoms with Crippen LogP contribution in [0.5, 0.6) is 0 Å². The maximum atomic E-state index is 5.68. The first kappa shape index (κ1) is 12.8. The maximum Gasteiger partial charge on any atom is 0.0717 e. The second-order valence-corrected chi connectivity index (χ2v) is 4.39. The van der Waals surface area contributed by atoms with Gasteiger partial charge in [-0.05, 0) is 18.1 Å². The summed E-state index contributed by atoms with van der Waals surface area (Å²) in [5, 5.41) is 4.43. The highest BCUT2D eigenvalue weighted by Gasteiger charge is 2.03. The van der Waals surface area contributed by atoms with Crippen molar-refractivity contribution in [3.05, 3.63) is 53.3 Å². The molecule has 0 saturated heterocycles. The molecule has 0 unspecified atom stereocenters. The van der Waals surface area contributed by atoms with Crippen molar-refractivity contribution in [2.24, 2.45) is 7.05 Å². The molecule has 1 aromatic carbocycles. The van der Waals surface area contributed by atoms with Crippen molar-refractivity contribution < 1.29 is 4.74 Å². The lowest BCUT2D eigenvalue weighted by atomic mass is 10.2. The average molecular weight is 244 g/mol. The second kappa shape index (κ2) is 6.36. The summed E-state index contributed by atoms with van der Waals surface area (Å²) in [6, 6.07) is 12.4. The first-order chi connectivity index (χ1) is 8.79. The number of hydrogen-bond acceptors (Lipinski definition) is 2. The fourth-order valence-electron chi connectivity index (χ4n) is 1.92. The van der Waals surface area contributed by atoms with Gasteiger partial charge in [0.1, 0.15) is 0 Å². The zero-order valence-electron chi connectivity index (χ0n) is 11.1. The van der Waals surface area contributed by atoms with E-state index in [2.05, 4.69) is 30.2 Å². The van der Waals surface area contributed by atoms with Gasteiger partial charge >= 0.3 is 0 Å². The Kier molecular flexibility index (Phi) is 4.53. The van der Waals surface area contributed by atoms with Gasteiger partial charge in [0.15, 0.2) is 0 Å². The quantitative estimate of drug-likeness (QED) is 0.731. The normalized spacial score (nSPS) is 10.8. The molecule has 0 N–H and O–H groups in total. The van der Waals surface area contributed by atoms with Crippen LogP contribution in [0.1, 0.15) is 23.9 Å². The lowest BCUT2D eigenvalue weighted by molar-refractivity contribution is 0.122. The topological polar surface area (TPSA) is 27.1 Å². The van der Waals surface area contributed by atoms with E-state index in [1.54, 1.807) is 0 Å². The predicted octanol–water partition coefficient (Wildman–Crippen LogP) is 2.74. The van der Waals surface area contributed by atoms with Crippen LogP contribution in [0.2, 0.25) is 0 Å². The zero-order chi connectivity index (χ0) is 12.8. The number of rotatable bonds is 6. The van der Waals surface area contributed by atoms with Gasteiger partial charge in [0, 0.05) is 19.2 Å². The average Bonchev–Trinajstić information content (AvgIpc) is 2.77. The Morgan fingerprint density at radius 2 is 2.00 bits per heavy atom. The minimum Gasteiger partial charge on any atom is -0.376 e. The van der Waals surface area contributed by atoms with Crippen LogP contribution in [-0.2, 0) is 31.2 Å². The summed E-state index contributed by atoms with van der Waals surface area (Å²) in [5.74, 6) is 0. The van der Waals surface area contributed by atoms with E-state index in [4.69, 9.17) is 4.74 Å². The summed E-state index contributed by atoms with van der Waals surface area (Å²) in [4.78, 5) is 0. The minimum atomic E-state index is 0.680. The van der Waals surface area contributed by atoms with Crippen LogP contribution in [-0.4, -0.2) is 16.4 Å². The molecule has 1 aromatic heterocycles. The van der Waals surface area contributed by atoms with Crippen LogP contribution < -0.4 is 0 Å². The molecule has 0 aliphatic carbocycles. The number of aromatic nitrogens is 2. The molecule has 0 saturated carbocycles. The largest absolute Gasteiger partial charge is 0.376 e. The fraction of sp³-hybridized carbons (Fsp3) is 0.400. The maximum absolute atomic E-state index is 5.68. The van der Waals surface area contributed by atoms with Crippen LogP contribution in [0.25, 0.3) is 0 Å². The van der Waals surface area contributed by atoms with Crippen LogP contribution in [0.3, 0.4) is 0 Å². The molecule has 0 radical (unpaired) electrons. The summed E-state index contributed by atoms with van der Waals surface area (Å²) >= 11 is 0. The number of benzene rings is 1. The van der Waals surface area contributed by atoms with Crippen molar-refractivity contribution in [3.63, 3.8) is 0 Å². The van der Waals surface area contributed by atoms with E-state index in [1.807, 2.05) is 29.9 Å². The van der Waals surface area contributed by atoms with E-state index < -0.39 is 0 Å². The summed E-state index contributed by atoms with van der Waals surface area (Å²) < 4.78 is 7.63. The van der Waals surface area contributed by atoms with Gasteiger partial charge in [0.05, 0.1) is 18.9 Å². The molecule has 0 spiro atoms. The van der Waals surface area contributed by atoms with Crippen molar-refractivity contribution in [3.8, 4) is 0 Å². The second-order valence-electron chi connectivity index (χ2n) is 4.39. The highest BCUT2D eigenvalue weighted by atomic mass is 16.5. The third kappa shape index (κ3) is 3.44. The summed E-state index contributed by atoms with van der Waals surface area (Å²) in [6.07, 6.45) is 1.90. The van der Waals surface area contributed by atoms with Crippen molar-refractivity contribution in [1.29, 1.82) is 0 Å². The zero-order valence-corrected chi connectivity index (χ0v) is 11.1. The van der Waals surface area contributed by atoms with E-state index in [9.17, 15) is 0 Å². The highest BCUT2D eigenvalue weighted by Crippen LogP contribution is 2.06. The molecule has 0 aliphatic rings. The summed E-state index contributed by atoms with van der Waals surface area (Å²) in [7, 11) is 1.99. The molecule has 0 fully saturated rings. The van der Waals surface area contributed by atoms with E-state index >= 15 is 0 Å². The van der Waals surface area contributed by atoms with Gasteiger partial charge in [-0.15, -0.1) is 0 Å². The molecule has 3 nitrogen and oxygen atoms in total. The van der Waals surface area contributed by atoms with Crippen molar-refractivity contribution >= 4 is 0 Å². The van der Waals surface area contributed by atoms with Gasteiger partial charge in [0.25, 0.3) is 0 Å². The lowest BCUT2D eigenvalue weighted by Gasteiger charge is -2.04. The monoisotopic (exact) mass is 244 g/mol. The molecular weight excluding hydrogens is 224 g/mol. The van der Waals surface area contributed by atoms with Gasteiger partial charge < -0.3 is 4.74 Å². The van der Waals surface area contributed by atoms with Gasteiger partial charge in [-0.25, -0.2) is 0 Å². The minimum absolute atomic E-state index is 0.680. The van der Waals surface area contributed by atoms with Gasteiger partial charge in [-0.3, -0.25) is 4.68 Å². The number of hydrogen-bond donors (Lipinski definition) is 0. The van der Waals surface area contributed by atoms with Gasteiger partial charge in [0.2, 0.25) is 0 Å². The van der Waals surface area contributed by atoms with Crippen LogP contribution in [0.15, 0.2) is 36.4 Å². The molecule has 96 valence electrons. The van der Waals surface area contributed by atoms with E-state index in [1.165, 1.54) is 11.3 Å². The predicted molar refractivity (Wildman–Crippen MR) is 72.4 cm³/mol. The SMILES string of the molecule is CCc1cc(CCOCc2ccccc2)n(C)n1. The van der Waals surface area contributed by atoms with Crippen molar-refractivity contribution in [1.82, 2.24) is 9.78 Å². The molecule has 0 aliphatic heterocycles. The number of ether oxygens (including phenoxy) is 1. The molecule has 2 rings (SSSR count). The standard InChI is InChI=1S/C15H20N2O/c1-3-14-11-15(17(2)16-14)9-10-18-12-13-7-5-4-6-8-13/h4-8,11H,3,9-10,12H2,1-2H3. The summed E-state index contributed by atoms with van der Waals surface area (Å²) in [5.41, 5.74) is 3.60. The Morgan fingerprint density at radius 1 is 1.22 bits per heavy atom. The molecule has 0 atom stereocenters. The molecule has 1 heterocycles. The first-order valence-electron chi connectivity index (χ1n) is 6.43. The molecule has 0 bridgehead atoms. The van der Waals surface area contributed by atoms with Crippen LogP contribution >= 0.6 is 0 Å². The Morgan fingerprint density at radius 3 is 2.67 bits per heavy atom.